The molecule has 0 amide bonds. The summed E-state index contributed by atoms with van der Waals surface area (Å²) < 4.78 is 37.1. The highest BCUT2D eigenvalue weighted by Gasteiger charge is 2.25. The third-order valence-corrected chi connectivity index (χ3v) is 7.74. The number of rotatable bonds is 15. The van der Waals surface area contributed by atoms with Gasteiger partial charge in [0.2, 0.25) is 0 Å². The molecule has 4 aromatic rings. The van der Waals surface area contributed by atoms with Crippen LogP contribution in [-0.4, -0.2) is 68.7 Å². The molecule has 0 unspecified atom stereocenters. The third kappa shape index (κ3) is 7.76. The first-order chi connectivity index (χ1) is 22.4. The van der Waals surface area contributed by atoms with Crippen molar-refractivity contribution in [2.75, 3.05) is 47.2 Å². The molecule has 1 aliphatic heterocycles. The number of ketones is 1. The fourth-order valence-electron chi connectivity index (χ4n) is 5.30. The summed E-state index contributed by atoms with van der Waals surface area (Å²) in [6.45, 7) is 2.63. The van der Waals surface area contributed by atoms with E-state index in [4.69, 9.17) is 46.3 Å². The number of aromatic nitrogens is 2. The highest BCUT2D eigenvalue weighted by atomic mass is 35.5. The lowest BCUT2D eigenvalue weighted by Gasteiger charge is -2.15. The van der Waals surface area contributed by atoms with Gasteiger partial charge in [0.15, 0.2) is 5.78 Å². The van der Waals surface area contributed by atoms with Crippen LogP contribution >= 0.6 is 11.6 Å². The largest absolute Gasteiger partial charge is 0.496 e. The van der Waals surface area contributed by atoms with E-state index in [1.54, 1.807) is 43.6 Å². The van der Waals surface area contributed by atoms with Crippen LogP contribution in [-0.2, 0) is 22.4 Å². The molecule has 0 aliphatic carbocycles. The van der Waals surface area contributed by atoms with Crippen LogP contribution < -0.4 is 15.2 Å². The predicted octanol–water partition coefficient (Wildman–Crippen LogP) is 5.85. The van der Waals surface area contributed by atoms with E-state index >= 15 is 4.39 Å². The van der Waals surface area contributed by atoms with Crippen molar-refractivity contribution in [3.05, 3.63) is 105 Å². The number of carbonyl (C=O) groups excluding carboxylic acids is 1. The van der Waals surface area contributed by atoms with Gasteiger partial charge in [0.1, 0.15) is 23.1 Å². The molecule has 0 fully saturated rings. The maximum Gasteiger partial charge on any atom is 0.166 e. The molecule has 240 valence electrons. The number of nitrogens with two attached hydrogens (primary N) is 1. The SMILES string of the molecule is COc1cc(Cc2ncc3c(n2)-c2ccc(Cl)cc2C(c2c(F)cccc2OC)=NC3)ccc1C(=O)CCCOCCOCCN. The van der Waals surface area contributed by atoms with Gasteiger partial charge in [0.05, 0.1) is 63.1 Å². The number of aliphatic imine (C=N–C) groups is 1. The number of ether oxygens (including phenoxy) is 4. The summed E-state index contributed by atoms with van der Waals surface area (Å²) in [6, 6.07) is 15.6. The minimum Gasteiger partial charge on any atom is -0.496 e. The quantitative estimate of drug-likeness (QED) is 0.126. The lowest BCUT2D eigenvalue weighted by atomic mass is 9.94. The van der Waals surface area contributed by atoms with Crippen molar-refractivity contribution >= 4 is 23.1 Å². The smallest absolute Gasteiger partial charge is 0.166 e. The fraction of sp³-hybridized carbons (Fsp3) is 0.314. The Morgan fingerprint density at radius 2 is 1.76 bits per heavy atom. The highest BCUT2D eigenvalue weighted by molar-refractivity contribution is 6.31. The van der Waals surface area contributed by atoms with Gasteiger partial charge in [-0.1, -0.05) is 29.8 Å². The molecule has 0 atom stereocenters. The average Bonchev–Trinajstić information content (AvgIpc) is 3.21. The Hall–Kier alpha value is -4.22. The first-order valence-corrected chi connectivity index (χ1v) is 15.4. The number of halogens is 2. The summed E-state index contributed by atoms with van der Waals surface area (Å²) in [5.74, 6) is 0.960. The van der Waals surface area contributed by atoms with Crippen LogP contribution in [0.3, 0.4) is 0 Å². The zero-order valence-corrected chi connectivity index (χ0v) is 26.6. The topological polar surface area (TPSA) is 118 Å². The summed E-state index contributed by atoms with van der Waals surface area (Å²) >= 11 is 6.43. The summed E-state index contributed by atoms with van der Waals surface area (Å²) in [4.78, 5) is 27.3. The van der Waals surface area contributed by atoms with E-state index in [9.17, 15) is 4.79 Å². The van der Waals surface area contributed by atoms with Crippen molar-refractivity contribution in [2.24, 2.45) is 10.7 Å². The molecule has 2 heterocycles. The third-order valence-electron chi connectivity index (χ3n) is 7.50. The van der Waals surface area contributed by atoms with E-state index in [-0.39, 0.29) is 17.9 Å². The number of methoxy groups -OCH3 is 2. The van der Waals surface area contributed by atoms with Crippen molar-refractivity contribution < 1.29 is 28.1 Å². The van der Waals surface area contributed by atoms with Gasteiger partial charge in [0, 0.05) is 53.9 Å². The fourth-order valence-corrected chi connectivity index (χ4v) is 5.47. The van der Waals surface area contributed by atoms with E-state index < -0.39 is 5.82 Å². The van der Waals surface area contributed by atoms with E-state index in [2.05, 4.69) is 4.98 Å². The molecule has 5 rings (SSSR count). The second kappa shape index (κ2) is 15.9. The van der Waals surface area contributed by atoms with Crippen molar-refractivity contribution in [3.8, 4) is 22.8 Å². The molecule has 46 heavy (non-hydrogen) atoms. The van der Waals surface area contributed by atoms with Gasteiger partial charge in [-0.15, -0.1) is 0 Å². The Morgan fingerprint density at radius 1 is 0.957 bits per heavy atom. The van der Waals surface area contributed by atoms with Gasteiger partial charge in [-0.2, -0.15) is 0 Å². The Kier molecular flexibility index (Phi) is 11.4. The lowest BCUT2D eigenvalue weighted by Crippen LogP contribution is -2.12. The normalized spacial score (nSPS) is 12.2. The maximum atomic E-state index is 15.2. The van der Waals surface area contributed by atoms with Crippen LogP contribution in [0.15, 0.2) is 65.8 Å². The molecule has 9 nitrogen and oxygen atoms in total. The first kappa shape index (κ1) is 33.2. The summed E-state index contributed by atoms with van der Waals surface area (Å²) in [7, 11) is 3.04. The van der Waals surface area contributed by atoms with Crippen LogP contribution in [0, 0.1) is 5.82 Å². The molecule has 0 saturated carbocycles. The molecular formula is C35H36ClFN4O5. The number of nitrogens with zero attached hydrogens (tertiary/aromatic N) is 3. The standard InChI is InChI=1S/C35H36ClFN4O5/c1-43-30-7-3-5-28(37)33(30)35-27-19-24(36)9-11-25(27)34-23(21-40-35)20-39-32(41-34)18-22-8-10-26(31(17-22)44-2)29(42)6-4-13-45-15-16-46-14-12-38/h3,5,7-11,17,19-20H,4,6,12-16,18,21,38H2,1-2H3. The van der Waals surface area contributed by atoms with Crippen LogP contribution in [0.25, 0.3) is 11.3 Å². The molecular weight excluding hydrogens is 611 g/mol. The van der Waals surface area contributed by atoms with Gasteiger partial charge in [-0.3, -0.25) is 9.79 Å². The number of benzene rings is 3. The van der Waals surface area contributed by atoms with Gasteiger partial charge < -0.3 is 24.7 Å². The molecule has 2 N–H and O–H groups in total. The Balaban J connectivity index is 1.34. The molecule has 11 heteroatoms. The molecule has 1 aromatic heterocycles. The van der Waals surface area contributed by atoms with E-state index in [0.717, 1.165) is 16.7 Å². The van der Waals surface area contributed by atoms with Crippen molar-refractivity contribution in [1.82, 2.24) is 9.97 Å². The number of hydrogen-bond donors (Lipinski definition) is 1. The zero-order valence-electron chi connectivity index (χ0n) is 25.9. The molecule has 0 bridgehead atoms. The van der Waals surface area contributed by atoms with Gasteiger partial charge in [0.25, 0.3) is 0 Å². The van der Waals surface area contributed by atoms with Gasteiger partial charge in [-0.25, -0.2) is 14.4 Å². The molecule has 1 aliphatic rings. The summed E-state index contributed by atoms with van der Waals surface area (Å²) in [6.07, 6.45) is 3.07. The second-order valence-electron chi connectivity index (χ2n) is 10.6. The molecule has 0 spiro atoms. The maximum absolute atomic E-state index is 15.2. The Bertz CT molecular complexity index is 1730. The molecule has 3 aromatic carbocycles. The number of Topliss-reactive ketones (excluding diaryl/α,β-unsaturated/α-hetero) is 1. The predicted molar refractivity (Wildman–Crippen MR) is 175 cm³/mol. The summed E-state index contributed by atoms with van der Waals surface area (Å²) in [5.41, 5.74) is 10.4. The van der Waals surface area contributed by atoms with Crippen LogP contribution in [0.4, 0.5) is 4.39 Å². The van der Waals surface area contributed by atoms with Crippen molar-refractivity contribution in [2.45, 2.75) is 25.8 Å². The number of carbonyl (C=O) groups is 1. The minimum atomic E-state index is -0.449. The van der Waals surface area contributed by atoms with Gasteiger partial charge in [-0.05, 0) is 48.4 Å². The first-order valence-electron chi connectivity index (χ1n) is 15.0. The zero-order chi connectivity index (χ0) is 32.5. The number of hydrogen-bond acceptors (Lipinski definition) is 9. The van der Waals surface area contributed by atoms with E-state index in [0.29, 0.717) is 97.1 Å². The summed E-state index contributed by atoms with van der Waals surface area (Å²) in [5, 5.41) is 0.488. The Morgan fingerprint density at radius 3 is 2.54 bits per heavy atom. The van der Waals surface area contributed by atoms with E-state index in [1.807, 2.05) is 18.2 Å². The van der Waals surface area contributed by atoms with Crippen LogP contribution in [0.2, 0.25) is 5.02 Å². The van der Waals surface area contributed by atoms with Crippen molar-refractivity contribution in [3.63, 3.8) is 0 Å². The minimum absolute atomic E-state index is 0.0229. The number of fused-ring (bicyclic) bond motifs is 3. The second-order valence-corrected chi connectivity index (χ2v) is 11.0. The van der Waals surface area contributed by atoms with Crippen molar-refractivity contribution in [1.29, 1.82) is 0 Å². The molecule has 0 radical (unpaired) electrons. The van der Waals surface area contributed by atoms with Gasteiger partial charge >= 0.3 is 0 Å². The average molecular weight is 647 g/mol. The highest BCUT2D eigenvalue weighted by Crippen LogP contribution is 2.36. The van der Waals surface area contributed by atoms with E-state index in [1.165, 1.54) is 13.2 Å². The van der Waals surface area contributed by atoms with Crippen LogP contribution in [0.5, 0.6) is 11.5 Å². The Labute approximate surface area is 272 Å². The lowest BCUT2D eigenvalue weighted by molar-refractivity contribution is 0.0489. The molecule has 0 saturated heterocycles. The van der Waals surface area contributed by atoms with Crippen LogP contribution in [0.1, 0.15) is 51.3 Å². The monoisotopic (exact) mass is 646 g/mol.